The van der Waals surface area contributed by atoms with Gasteiger partial charge in [0.25, 0.3) is 5.91 Å². The van der Waals surface area contributed by atoms with Crippen molar-refractivity contribution in [2.24, 2.45) is 0 Å². The Balaban J connectivity index is 1.50. The van der Waals surface area contributed by atoms with Crippen LogP contribution in [0, 0.1) is 12.7 Å². The lowest BCUT2D eigenvalue weighted by atomic mass is 10.2. The van der Waals surface area contributed by atoms with Crippen LogP contribution in [0.2, 0.25) is 0 Å². The minimum Gasteiger partial charge on any atom is -0.481 e. The van der Waals surface area contributed by atoms with Crippen LogP contribution in [-0.4, -0.2) is 41.6 Å². The lowest BCUT2D eigenvalue weighted by Gasteiger charge is -2.17. The minimum atomic E-state index is -0.466. The molecule has 126 valence electrons. The molecule has 0 spiro atoms. The second-order valence-electron chi connectivity index (χ2n) is 5.76. The molecule has 1 aliphatic rings. The summed E-state index contributed by atoms with van der Waals surface area (Å²) in [6.07, 6.45) is 2.32. The molecule has 0 aliphatic carbocycles. The van der Waals surface area contributed by atoms with Crippen LogP contribution in [0.1, 0.15) is 12.0 Å². The van der Waals surface area contributed by atoms with E-state index in [1.165, 1.54) is 6.07 Å². The maximum atomic E-state index is 13.6. The van der Waals surface area contributed by atoms with Gasteiger partial charge in [0, 0.05) is 25.2 Å². The highest BCUT2D eigenvalue weighted by molar-refractivity contribution is 5.78. The van der Waals surface area contributed by atoms with Gasteiger partial charge in [0.2, 0.25) is 5.88 Å². The van der Waals surface area contributed by atoms with Crippen molar-refractivity contribution in [2.45, 2.75) is 19.4 Å². The number of pyridine rings is 1. The third-order valence-corrected chi connectivity index (χ3v) is 3.86. The number of amides is 1. The highest BCUT2D eigenvalue weighted by Gasteiger charge is 2.28. The van der Waals surface area contributed by atoms with E-state index in [-0.39, 0.29) is 24.4 Å². The number of hydrogen-bond acceptors (Lipinski definition) is 4. The van der Waals surface area contributed by atoms with Crippen molar-refractivity contribution >= 4 is 5.91 Å². The Kier molecular flexibility index (Phi) is 4.93. The molecule has 3 rings (SSSR count). The standard InChI is InChI=1S/C18H19FN2O3/c1-13-5-6-15(19)16(10-13)23-12-18(22)21-9-7-14(11-21)24-17-4-2-3-8-20-17/h2-6,8,10,14H,7,9,11-12H2,1H3. The van der Waals surface area contributed by atoms with Gasteiger partial charge in [-0.05, 0) is 30.7 Å². The summed E-state index contributed by atoms with van der Waals surface area (Å²) < 4.78 is 24.7. The molecule has 1 saturated heterocycles. The number of ether oxygens (including phenoxy) is 2. The first-order valence-electron chi connectivity index (χ1n) is 7.86. The van der Waals surface area contributed by atoms with Gasteiger partial charge < -0.3 is 14.4 Å². The van der Waals surface area contributed by atoms with Crippen LogP contribution < -0.4 is 9.47 Å². The zero-order valence-electron chi connectivity index (χ0n) is 13.4. The van der Waals surface area contributed by atoms with E-state index in [1.807, 2.05) is 19.1 Å². The van der Waals surface area contributed by atoms with Crippen molar-refractivity contribution in [3.05, 3.63) is 54.0 Å². The number of benzene rings is 1. The first-order chi connectivity index (χ1) is 11.6. The Labute approximate surface area is 140 Å². The van der Waals surface area contributed by atoms with Crippen molar-refractivity contribution in [3.63, 3.8) is 0 Å². The first kappa shape index (κ1) is 16.2. The molecule has 1 fully saturated rings. The first-order valence-corrected chi connectivity index (χ1v) is 7.86. The highest BCUT2D eigenvalue weighted by Crippen LogP contribution is 2.19. The van der Waals surface area contributed by atoms with Crippen LogP contribution >= 0.6 is 0 Å². The fourth-order valence-electron chi connectivity index (χ4n) is 2.59. The predicted octanol–water partition coefficient (Wildman–Crippen LogP) is 2.59. The summed E-state index contributed by atoms with van der Waals surface area (Å²) in [6, 6.07) is 10.0. The monoisotopic (exact) mass is 330 g/mol. The molecule has 1 atom stereocenters. The molecule has 1 aromatic carbocycles. The number of carbonyl (C=O) groups excluding carboxylic acids is 1. The van der Waals surface area contributed by atoms with E-state index >= 15 is 0 Å². The van der Waals surface area contributed by atoms with Crippen molar-refractivity contribution in [1.82, 2.24) is 9.88 Å². The molecule has 1 aromatic heterocycles. The van der Waals surface area contributed by atoms with Crippen LogP contribution in [0.5, 0.6) is 11.6 Å². The third-order valence-electron chi connectivity index (χ3n) is 3.86. The Bertz CT molecular complexity index is 709. The van der Waals surface area contributed by atoms with Crippen LogP contribution in [0.3, 0.4) is 0 Å². The molecular weight excluding hydrogens is 311 g/mol. The van der Waals surface area contributed by atoms with Gasteiger partial charge in [0.05, 0.1) is 6.54 Å². The van der Waals surface area contributed by atoms with Crippen molar-refractivity contribution in [2.75, 3.05) is 19.7 Å². The zero-order valence-corrected chi connectivity index (χ0v) is 13.4. The Morgan fingerprint density at radius 1 is 1.38 bits per heavy atom. The normalized spacial score (nSPS) is 16.9. The van der Waals surface area contributed by atoms with Gasteiger partial charge in [-0.25, -0.2) is 9.37 Å². The van der Waals surface area contributed by atoms with E-state index in [0.717, 1.165) is 12.0 Å². The lowest BCUT2D eigenvalue weighted by molar-refractivity contribution is -0.132. The molecule has 0 bridgehead atoms. The number of halogens is 1. The number of carbonyl (C=O) groups is 1. The second-order valence-corrected chi connectivity index (χ2v) is 5.76. The largest absolute Gasteiger partial charge is 0.481 e. The number of likely N-dealkylation sites (tertiary alicyclic amines) is 1. The van der Waals surface area contributed by atoms with Crippen LogP contribution in [0.25, 0.3) is 0 Å². The van der Waals surface area contributed by atoms with Gasteiger partial charge in [-0.2, -0.15) is 0 Å². The van der Waals surface area contributed by atoms with E-state index in [0.29, 0.717) is 19.0 Å². The van der Waals surface area contributed by atoms with Gasteiger partial charge in [0.15, 0.2) is 18.2 Å². The van der Waals surface area contributed by atoms with Gasteiger partial charge in [-0.15, -0.1) is 0 Å². The van der Waals surface area contributed by atoms with Gasteiger partial charge >= 0.3 is 0 Å². The van der Waals surface area contributed by atoms with E-state index in [4.69, 9.17) is 9.47 Å². The summed E-state index contributed by atoms with van der Waals surface area (Å²) in [5, 5.41) is 0. The van der Waals surface area contributed by atoms with Gasteiger partial charge in [-0.3, -0.25) is 4.79 Å². The van der Waals surface area contributed by atoms with E-state index in [2.05, 4.69) is 4.98 Å². The minimum absolute atomic E-state index is 0.0837. The number of rotatable bonds is 5. The summed E-state index contributed by atoms with van der Waals surface area (Å²) in [6.45, 7) is 2.73. The molecule has 1 aliphatic heterocycles. The SMILES string of the molecule is Cc1ccc(F)c(OCC(=O)N2CCC(Oc3ccccn3)C2)c1. The quantitative estimate of drug-likeness (QED) is 0.845. The predicted molar refractivity (Wildman–Crippen MR) is 86.5 cm³/mol. The Morgan fingerprint density at radius 2 is 2.25 bits per heavy atom. The molecule has 0 saturated carbocycles. The lowest BCUT2D eigenvalue weighted by Crippen LogP contribution is -2.34. The fourth-order valence-corrected chi connectivity index (χ4v) is 2.59. The fraction of sp³-hybridized carbons (Fsp3) is 0.333. The van der Waals surface area contributed by atoms with Crippen LogP contribution in [0.15, 0.2) is 42.6 Å². The average Bonchev–Trinajstić information content (AvgIpc) is 3.05. The maximum absolute atomic E-state index is 13.6. The summed E-state index contributed by atoms with van der Waals surface area (Å²) in [5.74, 6) is 0.00734. The summed E-state index contributed by atoms with van der Waals surface area (Å²) in [5.41, 5.74) is 0.879. The Hall–Kier alpha value is -2.63. The van der Waals surface area contributed by atoms with Crippen molar-refractivity contribution in [3.8, 4) is 11.6 Å². The van der Waals surface area contributed by atoms with Crippen LogP contribution in [-0.2, 0) is 4.79 Å². The highest BCUT2D eigenvalue weighted by atomic mass is 19.1. The maximum Gasteiger partial charge on any atom is 0.260 e. The topological polar surface area (TPSA) is 51.7 Å². The summed E-state index contributed by atoms with van der Waals surface area (Å²) in [7, 11) is 0. The molecule has 1 amide bonds. The number of nitrogens with zero attached hydrogens (tertiary/aromatic N) is 2. The third kappa shape index (κ3) is 4.01. The molecule has 2 aromatic rings. The van der Waals surface area contributed by atoms with Crippen molar-refractivity contribution < 1.29 is 18.7 Å². The number of aromatic nitrogens is 1. The molecular formula is C18H19FN2O3. The molecule has 6 heteroatoms. The van der Waals surface area contributed by atoms with Crippen LogP contribution in [0.4, 0.5) is 4.39 Å². The molecule has 0 N–H and O–H groups in total. The van der Waals surface area contributed by atoms with Gasteiger partial charge in [-0.1, -0.05) is 12.1 Å². The van der Waals surface area contributed by atoms with Gasteiger partial charge in [0.1, 0.15) is 6.10 Å². The van der Waals surface area contributed by atoms with E-state index in [1.54, 1.807) is 29.3 Å². The van der Waals surface area contributed by atoms with Crippen molar-refractivity contribution in [1.29, 1.82) is 0 Å². The second kappa shape index (κ2) is 7.29. The van der Waals surface area contributed by atoms with E-state index < -0.39 is 5.82 Å². The molecule has 0 radical (unpaired) electrons. The van der Waals surface area contributed by atoms with E-state index in [9.17, 15) is 9.18 Å². The molecule has 5 nitrogen and oxygen atoms in total. The molecule has 24 heavy (non-hydrogen) atoms. The summed E-state index contributed by atoms with van der Waals surface area (Å²) >= 11 is 0. The molecule has 1 unspecified atom stereocenters. The zero-order chi connectivity index (χ0) is 16.9. The summed E-state index contributed by atoms with van der Waals surface area (Å²) in [4.78, 5) is 18.0. The smallest absolute Gasteiger partial charge is 0.260 e. The Morgan fingerprint density at radius 3 is 3.04 bits per heavy atom. The molecule has 2 heterocycles. The number of hydrogen-bond donors (Lipinski definition) is 0. The average molecular weight is 330 g/mol. The number of aryl methyl sites for hydroxylation is 1.